The molecule has 0 spiro atoms. The zero-order chi connectivity index (χ0) is 12.2. The fourth-order valence-electron chi connectivity index (χ4n) is 0.794. The highest BCUT2D eigenvalue weighted by atomic mass is 16.6. The Bertz CT molecular complexity index is 244. The summed E-state index contributed by atoms with van der Waals surface area (Å²) in [6.45, 7) is 8.42. The van der Waals surface area contributed by atoms with E-state index in [1.807, 2.05) is 0 Å². The zero-order valence-electron chi connectivity index (χ0n) is 9.96. The highest BCUT2D eigenvalue weighted by Crippen LogP contribution is 2.08. The molecule has 0 rings (SSSR count). The average Bonchev–Trinajstić information content (AvgIpc) is 2.00. The van der Waals surface area contributed by atoms with Crippen LogP contribution in [0.2, 0.25) is 0 Å². The average molecular weight is 216 g/mol. The summed E-state index contributed by atoms with van der Waals surface area (Å²) in [5.74, 6) is -0.829. The summed E-state index contributed by atoms with van der Waals surface area (Å²) in [4.78, 5) is 22.6. The number of hydrogen-bond donors (Lipinski definition) is 2. The number of ether oxygens (including phenoxy) is 1. The van der Waals surface area contributed by atoms with Crippen molar-refractivity contribution in [2.24, 2.45) is 5.73 Å². The molecule has 0 unspecified atom stereocenters. The Morgan fingerprint density at radius 3 is 2.07 bits per heavy atom. The lowest BCUT2D eigenvalue weighted by Crippen LogP contribution is -2.47. The number of esters is 1. The molecule has 0 aliphatic carbocycles. The summed E-state index contributed by atoms with van der Waals surface area (Å²) in [5, 5.41) is 2.46. The summed E-state index contributed by atoms with van der Waals surface area (Å²) in [6.07, 6.45) is 0. The van der Waals surface area contributed by atoms with E-state index in [0.29, 0.717) is 0 Å². The van der Waals surface area contributed by atoms with Crippen LogP contribution in [0.4, 0.5) is 0 Å². The van der Waals surface area contributed by atoms with Crippen molar-refractivity contribution in [2.75, 3.05) is 0 Å². The van der Waals surface area contributed by atoms with Crippen molar-refractivity contribution in [3.05, 3.63) is 0 Å². The molecule has 0 fully saturated rings. The predicted molar refractivity (Wildman–Crippen MR) is 57.1 cm³/mol. The van der Waals surface area contributed by atoms with Crippen LogP contribution in [-0.2, 0) is 14.3 Å². The van der Waals surface area contributed by atoms with Gasteiger partial charge in [0.15, 0.2) is 0 Å². The Balaban J connectivity index is 4.17. The van der Waals surface area contributed by atoms with Gasteiger partial charge in [-0.05, 0) is 34.6 Å². The lowest BCUT2D eigenvalue weighted by molar-refractivity contribution is -0.158. The molecule has 2 atom stereocenters. The van der Waals surface area contributed by atoms with E-state index in [-0.39, 0.29) is 5.91 Å². The van der Waals surface area contributed by atoms with Crippen molar-refractivity contribution < 1.29 is 14.3 Å². The molecule has 0 heterocycles. The molecule has 0 aromatic carbocycles. The van der Waals surface area contributed by atoms with E-state index in [4.69, 9.17) is 10.5 Å². The van der Waals surface area contributed by atoms with Gasteiger partial charge >= 0.3 is 5.97 Å². The first-order valence-corrected chi connectivity index (χ1v) is 4.92. The normalized spacial score (nSPS) is 15.3. The Kier molecular flexibility index (Phi) is 4.74. The molecule has 5 nitrogen and oxygen atoms in total. The molecule has 1 amide bonds. The third-order valence-corrected chi connectivity index (χ3v) is 1.53. The number of carbonyl (C=O) groups excluding carboxylic acids is 2. The molecular weight excluding hydrogens is 196 g/mol. The monoisotopic (exact) mass is 216 g/mol. The summed E-state index contributed by atoms with van der Waals surface area (Å²) in [6, 6.07) is -1.31. The summed E-state index contributed by atoms with van der Waals surface area (Å²) < 4.78 is 5.09. The topological polar surface area (TPSA) is 81.4 Å². The van der Waals surface area contributed by atoms with Gasteiger partial charge in [0, 0.05) is 0 Å². The minimum Gasteiger partial charge on any atom is -0.458 e. The van der Waals surface area contributed by atoms with Gasteiger partial charge in [0.2, 0.25) is 5.91 Å². The van der Waals surface area contributed by atoms with E-state index in [1.54, 1.807) is 34.6 Å². The van der Waals surface area contributed by atoms with Crippen molar-refractivity contribution in [3.8, 4) is 0 Å². The van der Waals surface area contributed by atoms with Crippen LogP contribution >= 0.6 is 0 Å². The van der Waals surface area contributed by atoms with Gasteiger partial charge in [0.25, 0.3) is 0 Å². The highest BCUT2D eigenvalue weighted by molar-refractivity contribution is 5.86. The Labute approximate surface area is 90.4 Å². The molecule has 5 heteroatoms. The van der Waals surface area contributed by atoms with Crippen LogP contribution < -0.4 is 11.1 Å². The summed E-state index contributed by atoms with van der Waals surface area (Å²) >= 11 is 0. The van der Waals surface area contributed by atoms with Gasteiger partial charge in [0.1, 0.15) is 11.6 Å². The molecule has 0 saturated heterocycles. The number of carbonyl (C=O) groups is 2. The van der Waals surface area contributed by atoms with Crippen molar-refractivity contribution in [1.82, 2.24) is 5.32 Å². The molecular formula is C10H20N2O3. The summed E-state index contributed by atoms with van der Waals surface area (Å²) in [7, 11) is 0. The second-order valence-electron chi connectivity index (χ2n) is 4.55. The van der Waals surface area contributed by atoms with E-state index < -0.39 is 23.7 Å². The maximum absolute atomic E-state index is 11.4. The second-order valence-corrected chi connectivity index (χ2v) is 4.55. The standard InChI is InChI=1S/C10H20N2O3/c1-6(11)8(13)12-7(2)9(14)15-10(3,4)5/h6-7H,11H2,1-5H3,(H,12,13)/t6-,7+/m0/s1. The Morgan fingerprint density at radius 2 is 1.73 bits per heavy atom. The van der Waals surface area contributed by atoms with Crippen LogP contribution in [0, 0.1) is 0 Å². The fraction of sp³-hybridized carbons (Fsp3) is 0.800. The van der Waals surface area contributed by atoms with Crippen LogP contribution in [0.1, 0.15) is 34.6 Å². The van der Waals surface area contributed by atoms with Gasteiger partial charge in [-0.25, -0.2) is 4.79 Å². The lowest BCUT2D eigenvalue weighted by Gasteiger charge is -2.23. The van der Waals surface area contributed by atoms with Gasteiger partial charge < -0.3 is 15.8 Å². The van der Waals surface area contributed by atoms with Crippen LogP contribution in [-0.4, -0.2) is 29.6 Å². The number of hydrogen-bond acceptors (Lipinski definition) is 4. The molecule has 88 valence electrons. The molecule has 0 aliphatic rings. The second kappa shape index (κ2) is 5.11. The van der Waals surface area contributed by atoms with E-state index >= 15 is 0 Å². The smallest absolute Gasteiger partial charge is 0.328 e. The van der Waals surface area contributed by atoms with Crippen LogP contribution in [0.3, 0.4) is 0 Å². The Hall–Kier alpha value is -1.10. The van der Waals surface area contributed by atoms with E-state index in [1.165, 1.54) is 0 Å². The first kappa shape index (κ1) is 13.9. The summed E-state index contributed by atoms with van der Waals surface area (Å²) in [5.41, 5.74) is 4.80. The minimum absolute atomic E-state index is 0.367. The quantitative estimate of drug-likeness (QED) is 0.659. The highest BCUT2D eigenvalue weighted by Gasteiger charge is 2.23. The molecule has 0 aromatic heterocycles. The largest absolute Gasteiger partial charge is 0.458 e. The lowest BCUT2D eigenvalue weighted by atomic mass is 10.2. The van der Waals surface area contributed by atoms with Gasteiger partial charge in [-0.15, -0.1) is 0 Å². The fourth-order valence-corrected chi connectivity index (χ4v) is 0.794. The van der Waals surface area contributed by atoms with Crippen LogP contribution in [0.25, 0.3) is 0 Å². The van der Waals surface area contributed by atoms with Crippen LogP contribution in [0.5, 0.6) is 0 Å². The zero-order valence-corrected chi connectivity index (χ0v) is 9.96. The van der Waals surface area contributed by atoms with Gasteiger partial charge in [-0.1, -0.05) is 0 Å². The number of amides is 1. The first-order chi connectivity index (χ1) is 6.63. The van der Waals surface area contributed by atoms with Gasteiger partial charge in [0.05, 0.1) is 6.04 Å². The third kappa shape index (κ3) is 6.06. The number of rotatable bonds is 3. The van der Waals surface area contributed by atoms with Crippen molar-refractivity contribution in [2.45, 2.75) is 52.3 Å². The van der Waals surface area contributed by atoms with E-state index in [2.05, 4.69) is 5.32 Å². The molecule has 0 radical (unpaired) electrons. The predicted octanol–water partition coefficient (Wildman–Crippen LogP) is 0.180. The van der Waals surface area contributed by atoms with Gasteiger partial charge in [-0.2, -0.15) is 0 Å². The van der Waals surface area contributed by atoms with E-state index in [9.17, 15) is 9.59 Å². The van der Waals surface area contributed by atoms with Crippen molar-refractivity contribution >= 4 is 11.9 Å². The van der Waals surface area contributed by atoms with E-state index in [0.717, 1.165) is 0 Å². The SMILES string of the molecule is C[C@H](N)C(=O)N[C@H](C)C(=O)OC(C)(C)C. The first-order valence-electron chi connectivity index (χ1n) is 4.92. The maximum Gasteiger partial charge on any atom is 0.328 e. The van der Waals surface area contributed by atoms with Crippen molar-refractivity contribution in [3.63, 3.8) is 0 Å². The molecule has 0 bridgehead atoms. The van der Waals surface area contributed by atoms with Crippen LogP contribution in [0.15, 0.2) is 0 Å². The number of nitrogens with two attached hydrogens (primary N) is 1. The third-order valence-electron chi connectivity index (χ3n) is 1.53. The molecule has 0 saturated carbocycles. The molecule has 0 aliphatic heterocycles. The Morgan fingerprint density at radius 1 is 1.27 bits per heavy atom. The maximum atomic E-state index is 11.4. The van der Waals surface area contributed by atoms with Gasteiger partial charge in [-0.3, -0.25) is 4.79 Å². The minimum atomic E-state index is -0.678. The molecule has 0 aromatic rings. The number of nitrogens with one attached hydrogen (secondary N) is 1. The van der Waals surface area contributed by atoms with Crippen molar-refractivity contribution in [1.29, 1.82) is 0 Å². The molecule has 15 heavy (non-hydrogen) atoms. The molecule has 3 N–H and O–H groups in total.